The minimum absolute atomic E-state index is 0.175. The lowest BCUT2D eigenvalue weighted by Gasteiger charge is -1.91. The quantitative estimate of drug-likeness (QED) is 0.659. The molecule has 5 heteroatoms. The molecule has 0 aliphatic rings. The van der Waals surface area contributed by atoms with E-state index < -0.39 is 11.1 Å². The van der Waals surface area contributed by atoms with Crippen molar-refractivity contribution in [3.8, 4) is 0 Å². The van der Waals surface area contributed by atoms with Gasteiger partial charge in [-0.3, -0.25) is 0 Å². The predicted octanol–water partition coefficient (Wildman–Crippen LogP) is 0.821. The highest BCUT2D eigenvalue weighted by atomic mass is 32.2. The zero-order valence-corrected chi connectivity index (χ0v) is 6.61. The van der Waals surface area contributed by atoms with Gasteiger partial charge in [-0.05, 0) is 11.4 Å². The Bertz CT molecular complexity index is 243. The van der Waals surface area contributed by atoms with Crippen LogP contribution in [0.25, 0.3) is 0 Å². The van der Waals surface area contributed by atoms with Gasteiger partial charge in [0, 0.05) is 5.56 Å². The van der Waals surface area contributed by atoms with Crippen LogP contribution in [0.15, 0.2) is 15.7 Å². The molecule has 1 unspecified atom stereocenters. The molecule has 0 saturated heterocycles. The molecular formula is C5H6O3S2. The van der Waals surface area contributed by atoms with Crippen molar-refractivity contribution in [2.75, 3.05) is 0 Å². The summed E-state index contributed by atoms with van der Waals surface area (Å²) in [5, 5.41) is 10.3. The Morgan fingerprint density at radius 3 is 2.80 bits per heavy atom. The van der Waals surface area contributed by atoms with Crippen LogP contribution in [-0.4, -0.2) is 13.9 Å². The van der Waals surface area contributed by atoms with Crippen LogP contribution in [0.5, 0.6) is 0 Å². The molecular weight excluding hydrogens is 172 g/mol. The van der Waals surface area contributed by atoms with Crippen LogP contribution < -0.4 is 0 Å². The number of hydrogen-bond acceptors (Lipinski definition) is 3. The van der Waals surface area contributed by atoms with E-state index in [-0.39, 0.29) is 6.61 Å². The SMILES string of the molecule is O=S(O)c1sccc1CO. The van der Waals surface area contributed by atoms with Crippen LogP contribution >= 0.6 is 11.3 Å². The van der Waals surface area contributed by atoms with E-state index in [1.807, 2.05) is 0 Å². The standard InChI is InChI=1S/C5H6O3S2/c6-3-4-1-2-9-5(4)10(7)8/h1-2,6H,3H2,(H,7,8). The summed E-state index contributed by atoms with van der Waals surface area (Å²) in [6.07, 6.45) is 0. The first-order valence-corrected chi connectivity index (χ1v) is 4.52. The highest BCUT2D eigenvalue weighted by molar-refractivity contribution is 7.81. The van der Waals surface area contributed by atoms with E-state index in [0.29, 0.717) is 9.77 Å². The molecule has 0 fully saturated rings. The molecule has 56 valence electrons. The van der Waals surface area contributed by atoms with Gasteiger partial charge in [-0.15, -0.1) is 11.3 Å². The topological polar surface area (TPSA) is 57.5 Å². The molecule has 1 rings (SSSR count). The summed E-state index contributed by atoms with van der Waals surface area (Å²) >= 11 is -0.779. The second-order valence-corrected chi connectivity index (χ2v) is 3.72. The summed E-state index contributed by atoms with van der Waals surface area (Å²) in [5.41, 5.74) is 0.533. The molecule has 1 atom stereocenters. The fraction of sp³-hybridized carbons (Fsp3) is 0.200. The maximum absolute atomic E-state index is 10.5. The molecule has 10 heavy (non-hydrogen) atoms. The fourth-order valence-electron chi connectivity index (χ4n) is 0.592. The van der Waals surface area contributed by atoms with Gasteiger partial charge < -0.3 is 9.66 Å². The zero-order valence-electron chi connectivity index (χ0n) is 4.98. The Kier molecular flexibility index (Phi) is 2.56. The third-order valence-electron chi connectivity index (χ3n) is 1.04. The Morgan fingerprint density at radius 1 is 1.70 bits per heavy atom. The second-order valence-electron chi connectivity index (χ2n) is 1.64. The summed E-state index contributed by atoms with van der Waals surface area (Å²) < 4.78 is 19.4. The van der Waals surface area contributed by atoms with E-state index in [0.717, 1.165) is 0 Å². The van der Waals surface area contributed by atoms with Gasteiger partial charge in [0.15, 0.2) is 11.1 Å². The molecule has 0 aromatic carbocycles. The van der Waals surface area contributed by atoms with Gasteiger partial charge in [0.25, 0.3) is 0 Å². The van der Waals surface area contributed by atoms with Crippen molar-refractivity contribution in [2.24, 2.45) is 0 Å². The molecule has 1 aromatic heterocycles. The molecule has 3 nitrogen and oxygen atoms in total. The molecule has 0 aliphatic carbocycles. The smallest absolute Gasteiger partial charge is 0.197 e. The van der Waals surface area contributed by atoms with Gasteiger partial charge in [-0.2, -0.15) is 0 Å². The van der Waals surface area contributed by atoms with Crippen molar-refractivity contribution in [3.63, 3.8) is 0 Å². The fourth-order valence-corrected chi connectivity index (χ4v) is 2.08. The zero-order chi connectivity index (χ0) is 7.56. The van der Waals surface area contributed by atoms with E-state index in [9.17, 15) is 4.21 Å². The molecule has 0 radical (unpaired) electrons. The molecule has 1 heterocycles. The van der Waals surface area contributed by atoms with Crippen LogP contribution in [0.4, 0.5) is 0 Å². The number of aliphatic hydroxyl groups excluding tert-OH is 1. The van der Waals surface area contributed by atoms with Crippen molar-refractivity contribution in [2.45, 2.75) is 10.8 Å². The van der Waals surface area contributed by atoms with Crippen molar-refractivity contribution in [3.05, 3.63) is 17.0 Å². The minimum Gasteiger partial charge on any atom is -0.392 e. The summed E-state index contributed by atoms with van der Waals surface area (Å²) in [6, 6.07) is 1.63. The molecule has 0 amide bonds. The molecule has 0 saturated carbocycles. The Morgan fingerprint density at radius 2 is 2.40 bits per heavy atom. The summed E-state index contributed by atoms with van der Waals surface area (Å²) in [5.74, 6) is 0. The minimum atomic E-state index is -1.95. The Labute approximate surface area is 64.6 Å². The van der Waals surface area contributed by atoms with Gasteiger partial charge >= 0.3 is 0 Å². The maximum atomic E-state index is 10.5. The first kappa shape index (κ1) is 7.87. The number of hydrogen-bond donors (Lipinski definition) is 2. The average Bonchev–Trinajstić information content (AvgIpc) is 2.33. The molecule has 1 aromatic rings. The lowest BCUT2D eigenvalue weighted by Crippen LogP contribution is -1.89. The highest BCUT2D eigenvalue weighted by Gasteiger charge is 2.07. The summed E-state index contributed by atoms with van der Waals surface area (Å²) in [4.78, 5) is 0. The maximum Gasteiger partial charge on any atom is 0.197 e. The monoisotopic (exact) mass is 178 g/mol. The number of aliphatic hydroxyl groups is 1. The predicted molar refractivity (Wildman–Crippen MR) is 39.3 cm³/mol. The van der Waals surface area contributed by atoms with Crippen LogP contribution in [-0.2, 0) is 17.7 Å². The van der Waals surface area contributed by atoms with Crippen molar-refractivity contribution < 1.29 is 13.9 Å². The summed E-state index contributed by atoms with van der Waals surface area (Å²) in [7, 11) is 0. The van der Waals surface area contributed by atoms with Gasteiger partial charge in [0.05, 0.1) is 6.61 Å². The normalized spacial score (nSPS) is 13.4. The van der Waals surface area contributed by atoms with E-state index in [1.54, 1.807) is 11.4 Å². The third kappa shape index (κ3) is 1.43. The van der Waals surface area contributed by atoms with Gasteiger partial charge in [0.1, 0.15) is 4.21 Å². The molecule has 0 aliphatic heterocycles. The Balaban J connectivity index is 3.01. The highest BCUT2D eigenvalue weighted by Crippen LogP contribution is 2.19. The summed E-state index contributed by atoms with van der Waals surface area (Å²) in [6.45, 7) is -0.175. The van der Waals surface area contributed by atoms with E-state index in [2.05, 4.69) is 0 Å². The number of thiophene rings is 1. The molecule has 0 spiro atoms. The second kappa shape index (κ2) is 3.25. The van der Waals surface area contributed by atoms with Crippen LogP contribution in [0.1, 0.15) is 5.56 Å². The number of rotatable bonds is 2. The van der Waals surface area contributed by atoms with Gasteiger partial charge in [-0.25, -0.2) is 4.21 Å². The largest absolute Gasteiger partial charge is 0.392 e. The lowest BCUT2D eigenvalue weighted by molar-refractivity contribution is 0.279. The van der Waals surface area contributed by atoms with Crippen LogP contribution in [0.3, 0.4) is 0 Å². The van der Waals surface area contributed by atoms with Crippen molar-refractivity contribution in [1.29, 1.82) is 0 Å². The van der Waals surface area contributed by atoms with E-state index in [1.165, 1.54) is 11.3 Å². The van der Waals surface area contributed by atoms with Crippen molar-refractivity contribution in [1.82, 2.24) is 0 Å². The third-order valence-corrected chi connectivity index (χ3v) is 3.08. The van der Waals surface area contributed by atoms with Crippen LogP contribution in [0, 0.1) is 0 Å². The first-order chi connectivity index (χ1) is 4.75. The van der Waals surface area contributed by atoms with Gasteiger partial charge in [0.2, 0.25) is 0 Å². The van der Waals surface area contributed by atoms with Crippen LogP contribution in [0.2, 0.25) is 0 Å². The van der Waals surface area contributed by atoms with E-state index >= 15 is 0 Å². The van der Waals surface area contributed by atoms with Gasteiger partial charge in [-0.1, -0.05) is 0 Å². The molecule has 0 bridgehead atoms. The van der Waals surface area contributed by atoms with E-state index in [4.69, 9.17) is 9.66 Å². The average molecular weight is 178 g/mol. The lowest BCUT2D eigenvalue weighted by atomic mass is 10.4. The first-order valence-electron chi connectivity index (χ1n) is 2.53. The Hall–Kier alpha value is -0.230. The van der Waals surface area contributed by atoms with Crippen molar-refractivity contribution >= 4 is 22.4 Å². The molecule has 2 N–H and O–H groups in total.